The van der Waals surface area contributed by atoms with Gasteiger partial charge in [0, 0.05) is 54.5 Å². The molecule has 3 nitrogen and oxygen atoms in total. The van der Waals surface area contributed by atoms with Gasteiger partial charge in [0.05, 0.1) is 38.8 Å². The van der Waals surface area contributed by atoms with Crippen LogP contribution in [0.4, 0.5) is 0 Å². The molecule has 0 aliphatic carbocycles. The Morgan fingerprint density at radius 3 is 1.05 bits per heavy atom. The van der Waals surface area contributed by atoms with Gasteiger partial charge in [-0.05, 0) is 118 Å². The first kappa shape index (κ1) is 35.9. The summed E-state index contributed by atoms with van der Waals surface area (Å²) in [4.78, 5) is 0. The van der Waals surface area contributed by atoms with Crippen LogP contribution in [0.1, 0.15) is 0 Å². The summed E-state index contributed by atoms with van der Waals surface area (Å²) in [6, 6.07) is 87.1. The van der Waals surface area contributed by atoms with E-state index in [4.69, 9.17) is 0 Å². The van der Waals surface area contributed by atoms with Gasteiger partial charge in [0.1, 0.15) is 0 Å². The smallest absolute Gasteiger partial charge is 0.0618 e. The van der Waals surface area contributed by atoms with Crippen LogP contribution in [-0.4, -0.2) is 13.7 Å². The van der Waals surface area contributed by atoms with E-state index >= 15 is 0 Å². The molecule has 14 aromatic rings. The van der Waals surface area contributed by atoms with Gasteiger partial charge in [-0.15, -0.1) is 0 Å². The molecular weight excluding hydrogens is 787 g/mol. The molecule has 0 saturated carbocycles. The minimum Gasteiger partial charge on any atom is -0.309 e. The third-order valence-corrected chi connectivity index (χ3v) is 13.8. The normalized spacial score (nSPS) is 12.0. The monoisotopic (exact) mass is 825 g/mol. The Morgan fingerprint density at radius 2 is 0.538 bits per heavy atom. The molecule has 0 atom stereocenters. The van der Waals surface area contributed by atoms with Crippen LogP contribution in [0.25, 0.3) is 126 Å². The fraction of sp³-hybridized carbons (Fsp3) is 0. The van der Waals surface area contributed by atoms with Crippen molar-refractivity contribution in [2.45, 2.75) is 0 Å². The van der Waals surface area contributed by atoms with E-state index in [-0.39, 0.29) is 0 Å². The minimum absolute atomic E-state index is 1.15. The van der Waals surface area contributed by atoms with E-state index in [1.165, 1.54) is 121 Å². The number of hydrogen-bond donors (Lipinski definition) is 0. The summed E-state index contributed by atoms with van der Waals surface area (Å²) < 4.78 is 7.29. The highest BCUT2D eigenvalue weighted by Crippen LogP contribution is 2.43. The van der Waals surface area contributed by atoms with Gasteiger partial charge in [0.25, 0.3) is 0 Å². The summed E-state index contributed by atoms with van der Waals surface area (Å²) in [6.07, 6.45) is 0. The minimum atomic E-state index is 1.15. The third-order valence-electron chi connectivity index (χ3n) is 13.8. The number of benzene rings is 11. The SMILES string of the molecule is c1ccc(-n2c3ccccc3c3cc(-c4ccc5c(c4)c4cc(-c6ccc(-n7c8ccccc8c8ccccc87)cc6)ccc4n5-c4c5ccccc5cc5ccccc45)ccc32)cc1. The van der Waals surface area contributed by atoms with Gasteiger partial charge < -0.3 is 13.7 Å². The molecule has 0 aliphatic rings. The zero-order valence-corrected chi connectivity index (χ0v) is 35.4. The van der Waals surface area contributed by atoms with Gasteiger partial charge in [0.15, 0.2) is 0 Å². The van der Waals surface area contributed by atoms with Crippen molar-refractivity contribution >= 4 is 87.0 Å². The average Bonchev–Trinajstić information content (AvgIpc) is 4.01. The Hall–Kier alpha value is -8.66. The van der Waals surface area contributed by atoms with Crippen LogP contribution < -0.4 is 0 Å². The fourth-order valence-corrected chi connectivity index (χ4v) is 10.9. The van der Waals surface area contributed by atoms with Crippen molar-refractivity contribution in [3.05, 3.63) is 237 Å². The number of hydrogen-bond acceptors (Lipinski definition) is 0. The molecule has 0 spiro atoms. The average molecular weight is 826 g/mol. The van der Waals surface area contributed by atoms with Crippen molar-refractivity contribution < 1.29 is 0 Å². The summed E-state index contributed by atoms with van der Waals surface area (Å²) in [5.41, 5.74) is 15.5. The Balaban J connectivity index is 0.982. The molecule has 3 heteroatoms. The third kappa shape index (κ3) is 5.36. The molecule has 3 aromatic heterocycles. The number of nitrogens with zero attached hydrogens (tertiary/aromatic N) is 3. The topological polar surface area (TPSA) is 14.8 Å². The van der Waals surface area contributed by atoms with Crippen LogP contribution in [0, 0.1) is 0 Å². The number of para-hydroxylation sites is 4. The van der Waals surface area contributed by atoms with Crippen molar-refractivity contribution in [1.82, 2.24) is 13.7 Å². The van der Waals surface area contributed by atoms with Crippen LogP contribution in [0.5, 0.6) is 0 Å². The lowest BCUT2D eigenvalue weighted by Gasteiger charge is -2.16. The molecule has 0 aliphatic heterocycles. The molecular formula is C62H39N3. The van der Waals surface area contributed by atoms with E-state index < -0.39 is 0 Å². The van der Waals surface area contributed by atoms with Crippen molar-refractivity contribution in [2.75, 3.05) is 0 Å². The van der Waals surface area contributed by atoms with Crippen LogP contribution in [0.2, 0.25) is 0 Å². The van der Waals surface area contributed by atoms with Crippen LogP contribution >= 0.6 is 0 Å². The molecule has 0 bridgehead atoms. The Bertz CT molecular complexity index is 4110. The number of fused-ring (bicyclic) bond motifs is 11. The van der Waals surface area contributed by atoms with E-state index in [0.29, 0.717) is 0 Å². The van der Waals surface area contributed by atoms with Crippen molar-refractivity contribution in [1.29, 1.82) is 0 Å². The van der Waals surface area contributed by atoms with Crippen molar-refractivity contribution in [2.24, 2.45) is 0 Å². The second kappa shape index (κ2) is 13.9. The maximum Gasteiger partial charge on any atom is 0.0618 e. The highest BCUT2D eigenvalue weighted by atomic mass is 15.0. The molecule has 0 saturated heterocycles. The van der Waals surface area contributed by atoms with Crippen LogP contribution in [0.3, 0.4) is 0 Å². The lowest BCUT2D eigenvalue weighted by molar-refractivity contribution is 1.18. The van der Waals surface area contributed by atoms with Gasteiger partial charge in [0.2, 0.25) is 0 Å². The molecule has 14 rings (SSSR count). The molecule has 3 heterocycles. The Morgan fingerprint density at radius 1 is 0.200 bits per heavy atom. The summed E-state index contributed by atoms with van der Waals surface area (Å²) in [5, 5.41) is 12.4. The van der Waals surface area contributed by atoms with Crippen LogP contribution in [0.15, 0.2) is 237 Å². The summed E-state index contributed by atoms with van der Waals surface area (Å²) in [6.45, 7) is 0. The van der Waals surface area contributed by atoms with Gasteiger partial charge in [-0.3, -0.25) is 0 Å². The van der Waals surface area contributed by atoms with Gasteiger partial charge >= 0.3 is 0 Å². The zero-order chi connectivity index (χ0) is 42.6. The molecule has 11 aromatic carbocycles. The predicted molar refractivity (Wildman–Crippen MR) is 275 cm³/mol. The van der Waals surface area contributed by atoms with Gasteiger partial charge in [-0.25, -0.2) is 0 Å². The number of aromatic nitrogens is 3. The van der Waals surface area contributed by atoms with E-state index in [1.54, 1.807) is 0 Å². The fourth-order valence-electron chi connectivity index (χ4n) is 10.9. The highest BCUT2D eigenvalue weighted by molar-refractivity contribution is 6.17. The molecule has 0 amide bonds. The number of rotatable bonds is 5. The van der Waals surface area contributed by atoms with Gasteiger partial charge in [-0.1, -0.05) is 152 Å². The van der Waals surface area contributed by atoms with Crippen LogP contribution in [-0.2, 0) is 0 Å². The molecule has 0 fully saturated rings. The molecule has 302 valence electrons. The first-order valence-corrected chi connectivity index (χ1v) is 22.4. The molecule has 0 unspecified atom stereocenters. The zero-order valence-electron chi connectivity index (χ0n) is 35.4. The first-order valence-electron chi connectivity index (χ1n) is 22.4. The molecule has 0 radical (unpaired) electrons. The predicted octanol–water partition coefficient (Wildman–Crippen LogP) is 16.6. The maximum absolute atomic E-state index is 2.52. The maximum atomic E-state index is 2.52. The lowest BCUT2D eigenvalue weighted by Crippen LogP contribution is -1.97. The van der Waals surface area contributed by atoms with Crippen molar-refractivity contribution in [3.8, 4) is 39.3 Å². The Kier molecular flexibility index (Phi) is 7.69. The summed E-state index contributed by atoms with van der Waals surface area (Å²) in [7, 11) is 0. The van der Waals surface area contributed by atoms with E-state index in [1.807, 2.05) is 0 Å². The summed E-state index contributed by atoms with van der Waals surface area (Å²) >= 11 is 0. The second-order valence-electron chi connectivity index (χ2n) is 17.3. The second-order valence-corrected chi connectivity index (χ2v) is 17.3. The molecule has 0 N–H and O–H groups in total. The van der Waals surface area contributed by atoms with E-state index in [0.717, 1.165) is 5.69 Å². The Labute approximate surface area is 374 Å². The van der Waals surface area contributed by atoms with E-state index in [2.05, 4.69) is 250 Å². The highest BCUT2D eigenvalue weighted by Gasteiger charge is 2.20. The van der Waals surface area contributed by atoms with Gasteiger partial charge in [-0.2, -0.15) is 0 Å². The molecule has 65 heavy (non-hydrogen) atoms. The lowest BCUT2D eigenvalue weighted by atomic mass is 9.99. The van der Waals surface area contributed by atoms with Crippen molar-refractivity contribution in [3.63, 3.8) is 0 Å². The summed E-state index contributed by atoms with van der Waals surface area (Å²) in [5.74, 6) is 0. The standard InChI is InChI=1S/C62H39N3/c1-2-16-46(17-3-1)63-58-25-13-10-22-52(58)53-38-42(29-33-59(53)63)43-30-35-61-55(39-43)54-37-41(28-34-60(54)65(61)62-48-18-6-4-14-44(48)36-45-15-5-7-19-49(45)62)40-26-31-47(32-27-40)64-56-23-11-8-20-50(56)51-21-9-12-24-57(51)64/h1-39H. The first-order chi connectivity index (χ1) is 32.2. The quantitative estimate of drug-likeness (QED) is 0.154. The largest absolute Gasteiger partial charge is 0.309 e. The van der Waals surface area contributed by atoms with E-state index in [9.17, 15) is 0 Å².